The Morgan fingerprint density at radius 3 is 2.71 bits per heavy atom. The molecule has 1 N–H and O–H groups in total. The molecule has 0 saturated carbocycles. The van der Waals surface area contributed by atoms with Crippen LogP contribution in [-0.2, 0) is 6.54 Å². The first-order valence-electron chi connectivity index (χ1n) is 5.95. The normalized spacial score (nSPS) is 17.0. The SMILES string of the molecule is Cc1nc(CN2CCCCC2)ncc1C(=O)O. The van der Waals surface area contributed by atoms with E-state index < -0.39 is 5.97 Å². The zero-order valence-corrected chi connectivity index (χ0v) is 10.0. The second-order valence-corrected chi connectivity index (χ2v) is 4.43. The highest BCUT2D eigenvalue weighted by Crippen LogP contribution is 2.12. The molecular formula is C12H17N3O2. The molecule has 0 radical (unpaired) electrons. The molecule has 0 aliphatic carbocycles. The molecule has 92 valence electrons. The lowest BCUT2D eigenvalue weighted by atomic mass is 10.1. The van der Waals surface area contributed by atoms with Crippen molar-refractivity contribution in [3.8, 4) is 0 Å². The monoisotopic (exact) mass is 235 g/mol. The van der Waals surface area contributed by atoms with Crippen molar-refractivity contribution in [3.63, 3.8) is 0 Å². The van der Waals surface area contributed by atoms with Crippen LogP contribution < -0.4 is 0 Å². The molecule has 1 aliphatic heterocycles. The molecule has 0 atom stereocenters. The van der Waals surface area contributed by atoms with Gasteiger partial charge in [0.15, 0.2) is 0 Å². The van der Waals surface area contributed by atoms with Gasteiger partial charge in [0, 0.05) is 6.20 Å². The van der Waals surface area contributed by atoms with Gasteiger partial charge < -0.3 is 5.11 Å². The van der Waals surface area contributed by atoms with Crippen molar-refractivity contribution in [3.05, 3.63) is 23.3 Å². The van der Waals surface area contributed by atoms with Gasteiger partial charge >= 0.3 is 5.97 Å². The van der Waals surface area contributed by atoms with Crippen LogP contribution in [0.15, 0.2) is 6.20 Å². The van der Waals surface area contributed by atoms with Crippen molar-refractivity contribution >= 4 is 5.97 Å². The van der Waals surface area contributed by atoms with Gasteiger partial charge in [-0.1, -0.05) is 6.42 Å². The molecular weight excluding hydrogens is 218 g/mol. The van der Waals surface area contributed by atoms with E-state index in [-0.39, 0.29) is 5.56 Å². The summed E-state index contributed by atoms with van der Waals surface area (Å²) in [6.07, 6.45) is 5.16. The number of aromatic nitrogens is 2. The summed E-state index contributed by atoms with van der Waals surface area (Å²) >= 11 is 0. The van der Waals surface area contributed by atoms with Crippen molar-refractivity contribution in [2.45, 2.75) is 32.7 Å². The highest BCUT2D eigenvalue weighted by atomic mass is 16.4. The minimum atomic E-state index is -0.966. The number of hydrogen-bond donors (Lipinski definition) is 1. The molecule has 0 aromatic carbocycles. The van der Waals surface area contributed by atoms with E-state index in [9.17, 15) is 4.79 Å². The number of rotatable bonds is 3. The molecule has 1 aromatic rings. The lowest BCUT2D eigenvalue weighted by Gasteiger charge is -2.25. The fourth-order valence-corrected chi connectivity index (χ4v) is 2.12. The molecule has 1 saturated heterocycles. The van der Waals surface area contributed by atoms with Crippen LogP contribution in [-0.4, -0.2) is 39.0 Å². The van der Waals surface area contributed by atoms with Gasteiger partial charge in [-0.2, -0.15) is 0 Å². The number of likely N-dealkylation sites (tertiary alicyclic amines) is 1. The number of aryl methyl sites for hydroxylation is 1. The van der Waals surface area contributed by atoms with Crippen molar-refractivity contribution in [2.75, 3.05) is 13.1 Å². The predicted molar refractivity (Wildman–Crippen MR) is 62.9 cm³/mol. The fraction of sp³-hybridized carbons (Fsp3) is 0.583. The molecule has 0 spiro atoms. The highest BCUT2D eigenvalue weighted by Gasteiger charge is 2.14. The standard InChI is InChI=1S/C12H17N3O2/c1-9-10(12(16)17)7-13-11(14-9)8-15-5-3-2-4-6-15/h7H,2-6,8H2,1H3,(H,16,17). The van der Waals surface area contributed by atoms with E-state index >= 15 is 0 Å². The number of piperidine rings is 1. The maximum Gasteiger partial charge on any atom is 0.339 e. The first-order chi connectivity index (χ1) is 8.16. The Morgan fingerprint density at radius 2 is 2.12 bits per heavy atom. The summed E-state index contributed by atoms with van der Waals surface area (Å²) in [5, 5.41) is 8.89. The van der Waals surface area contributed by atoms with Crippen LogP contribution in [0.25, 0.3) is 0 Å². The quantitative estimate of drug-likeness (QED) is 0.859. The van der Waals surface area contributed by atoms with Crippen molar-refractivity contribution < 1.29 is 9.90 Å². The smallest absolute Gasteiger partial charge is 0.339 e. The summed E-state index contributed by atoms with van der Waals surface area (Å²) in [4.78, 5) is 21.5. The predicted octanol–water partition coefficient (Wildman–Crippen LogP) is 1.47. The minimum absolute atomic E-state index is 0.187. The third kappa shape index (κ3) is 3.00. The van der Waals surface area contributed by atoms with Crippen LogP contribution in [0.3, 0.4) is 0 Å². The van der Waals surface area contributed by atoms with Crippen LogP contribution in [0.4, 0.5) is 0 Å². The molecule has 5 nitrogen and oxygen atoms in total. The Labute approximate surface area is 100 Å². The maximum atomic E-state index is 10.8. The van der Waals surface area contributed by atoms with Gasteiger partial charge in [-0.15, -0.1) is 0 Å². The first-order valence-corrected chi connectivity index (χ1v) is 5.95. The van der Waals surface area contributed by atoms with Gasteiger partial charge in [0.1, 0.15) is 5.82 Å². The van der Waals surface area contributed by atoms with Gasteiger partial charge in [0.25, 0.3) is 0 Å². The largest absolute Gasteiger partial charge is 0.478 e. The summed E-state index contributed by atoms with van der Waals surface area (Å²) in [6, 6.07) is 0. The number of carboxylic acids is 1. The van der Waals surface area contributed by atoms with E-state index in [0.29, 0.717) is 5.69 Å². The molecule has 0 amide bonds. The fourth-order valence-electron chi connectivity index (χ4n) is 2.12. The molecule has 0 unspecified atom stereocenters. The molecule has 5 heteroatoms. The Hall–Kier alpha value is -1.49. The van der Waals surface area contributed by atoms with Crippen LogP contribution in [0.5, 0.6) is 0 Å². The number of hydrogen-bond acceptors (Lipinski definition) is 4. The summed E-state index contributed by atoms with van der Waals surface area (Å²) < 4.78 is 0. The van der Waals surface area contributed by atoms with Gasteiger partial charge in [0.2, 0.25) is 0 Å². The first kappa shape index (κ1) is 12.0. The molecule has 2 heterocycles. The molecule has 1 aromatic heterocycles. The minimum Gasteiger partial charge on any atom is -0.478 e. The van der Waals surface area contributed by atoms with Crippen molar-refractivity contribution in [1.29, 1.82) is 0 Å². The van der Waals surface area contributed by atoms with Gasteiger partial charge in [0.05, 0.1) is 17.8 Å². The Kier molecular flexibility index (Phi) is 3.68. The third-order valence-corrected chi connectivity index (χ3v) is 3.07. The average Bonchev–Trinajstić information content (AvgIpc) is 2.30. The topological polar surface area (TPSA) is 66.3 Å². The second-order valence-electron chi connectivity index (χ2n) is 4.43. The highest BCUT2D eigenvalue weighted by molar-refractivity contribution is 5.88. The molecule has 17 heavy (non-hydrogen) atoms. The third-order valence-electron chi connectivity index (χ3n) is 3.07. The van der Waals surface area contributed by atoms with Crippen LogP contribution in [0.2, 0.25) is 0 Å². The van der Waals surface area contributed by atoms with E-state index in [0.717, 1.165) is 25.5 Å². The van der Waals surface area contributed by atoms with Crippen LogP contribution in [0.1, 0.15) is 41.1 Å². The van der Waals surface area contributed by atoms with Crippen LogP contribution >= 0.6 is 0 Å². The summed E-state index contributed by atoms with van der Waals surface area (Å²) in [5.74, 6) is -0.249. The molecule has 1 aliphatic rings. The average molecular weight is 235 g/mol. The number of nitrogens with zero attached hydrogens (tertiary/aromatic N) is 3. The van der Waals surface area contributed by atoms with Crippen molar-refractivity contribution in [2.24, 2.45) is 0 Å². The molecule has 1 fully saturated rings. The molecule has 2 rings (SSSR count). The van der Waals surface area contributed by atoms with E-state index in [1.54, 1.807) is 6.92 Å². The Morgan fingerprint density at radius 1 is 1.41 bits per heavy atom. The van der Waals surface area contributed by atoms with E-state index in [4.69, 9.17) is 5.11 Å². The van der Waals surface area contributed by atoms with E-state index in [1.165, 1.54) is 25.5 Å². The maximum absolute atomic E-state index is 10.8. The lowest BCUT2D eigenvalue weighted by Crippen LogP contribution is -2.30. The van der Waals surface area contributed by atoms with Crippen LogP contribution in [0, 0.1) is 6.92 Å². The van der Waals surface area contributed by atoms with Crippen molar-refractivity contribution in [1.82, 2.24) is 14.9 Å². The zero-order valence-electron chi connectivity index (χ0n) is 10.0. The van der Waals surface area contributed by atoms with Gasteiger partial charge in [-0.3, -0.25) is 4.90 Å². The summed E-state index contributed by atoms with van der Waals surface area (Å²) in [7, 11) is 0. The molecule has 0 bridgehead atoms. The summed E-state index contributed by atoms with van der Waals surface area (Å²) in [5.41, 5.74) is 0.729. The van der Waals surface area contributed by atoms with Gasteiger partial charge in [-0.05, 0) is 32.9 Å². The van der Waals surface area contributed by atoms with E-state index in [1.807, 2.05) is 0 Å². The van der Waals surface area contributed by atoms with E-state index in [2.05, 4.69) is 14.9 Å². The number of carboxylic acid groups (broad SMARTS) is 1. The Balaban J connectivity index is 2.06. The Bertz CT molecular complexity index is 414. The lowest BCUT2D eigenvalue weighted by molar-refractivity contribution is 0.0695. The summed E-state index contributed by atoms with van der Waals surface area (Å²) in [6.45, 7) is 4.61. The van der Waals surface area contributed by atoms with Gasteiger partial charge in [-0.25, -0.2) is 14.8 Å². The second kappa shape index (κ2) is 5.23. The zero-order chi connectivity index (χ0) is 12.3. The number of carbonyl (C=O) groups is 1. The number of aromatic carboxylic acids is 1.